The molecule has 0 spiro atoms. The Bertz CT molecular complexity index is 808. The molecule has 8 heteroatoms. The van der Waals surface area contributed by atoms with E-state index < -0.39 is 12.0 Å². The number of hydrogen-bond donors (Lipinski definition) is 1. The average molecular weight is 358 g/mol. The van der Waals surface area contributed by atoms with E-state index in [9.17, 15) is 13.2 Å². The molecule has 2 N–H and O–H groups in total. The molecule has 2 aromatic rings. The van der Waals surface area contributed by atoms with Crippen molar-refractivity contribution in [3.05, 3.63) is 39.8 Å². The van der Waals surface area contributed by atoms with Crippen molar-refractivity contribution in [3.8, 4) is 17.0 Å². The zero-order valence-corrected chi connectivity index (χ0v) is 13.8. The van der Waals surface area contributed by atoms with E-state index in [0.29, 0.717) is 34.9 Å². The summed E-state index contributed by atoms with van der Waals surface area (Å²) in [5, 5.41) is 0.336. The standard InChI is InChI=1S/C16H15ClF3N3O/c1-7-8(2)22-15(16(18,19)20)23-13(7)9-3-10-4-11(6-21)24-14(10)12(17)5-9/h3,5,11H,4,6,21H2,1-2H3/t11-/m0/s1. The first-order valence-electron chi connectivity index (χ1n) is 7.32. The number of nitrogens with two attached hydrogens (primary N) is 1. The highest BCUT2D eigenvalue weighted by atomic mass is 35.5. The molecule has 128 valence electrons. The van der Waals surface area contributed by atoms with Crippen LogP contribution in [0.4, 0.5) is 13.2 Å². The summed E-state index contributed by atoms with van der Waals surface area (Å²) in [4.78, 5) is 7.26. The van der Waals surface area contributed by atoms with Gasteiger partial charge in [-0.05, 0) is 31.5 Å². The van der Waals surface area contributed by atoms with Gasteiger partial charge in [-0.2, -0.15) is 13.2 Å². The second kappa shape index (κ2) is 5.89. The number of fused-ring (bicyclic) bond motifs is 1. The number of benzene rings is 1. The van der Waals surface area contributed by atoms with E-state index in [1.165, 1.54) is 6.92 Å². The number of rotatable bonds is 2. The first-order valence-corrected chi connectivity index (χ1v) is 7.70. The van der Waals surface area contributed by atoms with Crippen LogP contribution in [0.3, 0.4) is 0 Å². The highest BCUT2D eigenvalue weighted by molar-refractivity contribution is 6.32. The largest absolute Gasteiger partial charge is 0.487 e. The van der Waals surface area contributed by atoms with Crippen LogP contribution in [0, 0.1) is 13.8 Å². The Hall–Kier alpha value is -1.86. The lowest BCUT2D eigenvalue weighted by Gasteiger charge is -2.13. The summed E-state index contributed by atoms with van der Waals surface area (Å²) in [6, 6.07) is 3.32. The molecule has 0 saturated heterocycles. The third-order valence-corrected chi connectivity index (χ3v) is 4.31. The van der Waals surface area contributed by atoms with Gasteiger partial charge in [-0.3, -0.25) is 0 Å². The first-order chi connectivity index (χ1) is 11.2. The van der Waals surface area contributed by atoms with Crippen molar-refractivity contribution in [1.29, 1.82) is 0 Å². The normalized spacial score (nSPS) is 16.9. The molecule has 1 aliphatic rings. The Morgan fingerprint density at radius 2 is 2.00 bits per heavy atom. The molecule has 2 heterocycles. The first kappa shape index (κ1) is 17.0. The molecule has 1 aliphatic heterocycles. The van der Waals surface area contributed by atoms with Crippen LogP contribution in [-0.2, 0) is 12.6 Å². The van der Waals surface area contributed by atoms with Gasteiger partial charge in [0.2, 0.25) is 5.82 Å². The molecule has 1 aromatic carbocycles. The second-order valence-corrected chi connectivity index (χ2v) is 6.14. The molecule has 0 aliphatic carbocycles. The van der Waals surface area contributed by atoms with Gasteiger partial charge in [0.15, 0.2) is 0 Å². The highest BCUT2D eigenvalue weighted by Gasteiger charge is 2.36. The van der Waals surface area contributed by atoms with Gasteiger partial charge in [-0.25, -0.2) is 9.97 Å². The summed E-state index contributed by atoms with van der Waals surface area (Å²) in [5.41, 5.74) is 8.01. The van der Waals surface area contributed by atoms with E-state index in [-0.39, 0.29) is 17.5 Å². The van der Waals surface area contributed by atoms with Gasteiger partial charge in [0, 0.05) is 29.8 Å². The monoisotopic (exact) mass is 357 g/mol. The molecule has 0 fully saturated rings. The lowest BCUT2D eigenvalue weighted by atomic mass is 10.0. The lowest BCUT2D eigenvalue weighted by Crippen LogP contribution is -2.24. The molecule has 1 atom stereocenters. The van der Waals surface area contributed by atoms with Gasteiger partial charge < -0.3 is 10.5 Å². The summed E-state index contributed by atoms with van der Waals surface area (Å²) in [6.45, 7) is 3.55. The SMILES string of the molecule is Cc1nc(C(F)(F)F)nc(-c2cc(Cl)c3c(c2)C[C@@H](CN)O3)c1C. The van der Waals surface area contributed by atoms with Crippen molar-refractivity contribution in [3.63, 3.8) is 0 Å². The fourth-order valence-electron chi connectivity index (χ4n) is 2.69. The minimum Gasteiger partial charge on any atom is -0.487 e. The van der Waals surface area contributed by atoms with E-state index in [1.807, 2.05) is 0 Å². The third-order valence-electron chi connectivity index (χ3n) is 4.03. The van der Waals surface area contributed by atoms with Crippen LogP contribution >= 0.6 is 11.6 Å². The second-order valence-electron chi connectivity index (χ2n) is 5.73. The van der Waals surface area contributed by atoms with E-state index >= 15 is 0 Å². The molecular weight excluding hydrogens is 343 g/mol. The minimum absolute atomic E-state index is 0.174. The van der Waals surface area contributed by atoms with E-state index in [2.05, 4.69) is 9.97 Å². The van der Waals surface area contributed by atoms with Gasteiger partial charge in [-0.1, -0.05) is 11.6 Å². The highest BCUT2D eigenvalue weighted by Crippen LogP contribution is 2.40. The maximum absolute atomic E-state index is 13.0. The van der Waals surface area contributed by atoms with Crippen molar-refractivity contribution in [2.45, 2.75) is 32.5 Å². The Morgan fingerprint density at radius 3 is 2.62 bits per heavy atom. The molecule has 0 amide bonds. The zero-order valence-electron chi connectivity index (χ0n) is 13.0. The molecule has 0 radical (unpaired) electrons. The van der Waals surface area contributed by atoms with Crippen molar-refractivity contribution in [2.75, 3.05) is 6.54 Å². The van der Waals surface area contributed by atoms with Crippen molar-refractivity contribution in [2.24, 2.45) is 5.73 Å². The number of hydrogen-bond acceptors (Lipinski definition) is 4. The van der Waals surface area contributed by atoms with Gasteiger partial charge in [0.25, 0.3) is 0 Å². The summed E-state index contributed by atoms with van der Waals surface area (Å²) in [6.07, 6.45) is -4.22. The topological polar surface area (TPSA) is 61.0 Å². The van der Waals surface area contributed by atoms with Crippen LogP contribution < -0.4 is 10.5 Å². The number of aryl methyl sites for hydroxylation is 1. The van der Waals surface area contributed by atoms with Crippen LogP contribution in [0.2, 0.25) is 5.02 Å². The van der Waals surface area contributed by atoms with E-state index in [1.54, 1.807) is 19.1 Å². The number of halogens is 4. The van der Waals surface area contributed by atoms with Crippen LogP contribution in [0.25, 0.3) is 11.3 Å². The van der Waals surface area contributed by atoms with Gasteiger partial charge in [0.1, 0.15) is 11.9 Å². The molecule has 24 heavy (non-hydrogen) atoms. The fourth-order valence-corrected chi connectivity index (χ4v) is 2.98. The number of aromatic nitrogens is 2. The predicted molar refractivity (Wildman–Crippen MR) is 84.1 cm³/mol. The van der Waals surface area contributed by atoms with Crippen molar-refractivity contribution in [1.82, 2.24) is 9.97 Å². The lowest BCUT2D eigenvalue weighted by molar-refractivity contribution is -0.145. The summed E-state index contributed by atoms with van der Waals surface area (Å²) < 4.78 is 44.7. The maximum Gasteiger partial charge on any atom is 0.451 e. The average Bonchev–Trinajstić information content (AvgIpc) is 2.92. The molecule has 1 aromatic heterocycles. The van der Waals surface area contributed by atoms with Gasteiger partial charge in [-0.15, -0.1) is 0 Å². The molecule has 0 saturated carbocycles. The number of ether oxygens (including phenoxy) is 1. The smallest absolute Gasteiger partial charge is 0.451 e. The van der Waals surface area contributed by atoms with Gasteiger partial charge >= 0.3 is 6.18 Å². The Balaban J connectivity index is 2.14. The zero-order chi connectivity index (χ0) is 17.6. The fraction of sp³-hybridized carbons (Fsp3) is 0.375. The predicted octanol–water partition coefficient (Wildman–Crippen LogP) is 3.69. The van der Waals surface area contributed by atoms with Crippen molar-refractivity contribution >= 4 is 11.6 Å². The quantitative estimate of drug-likeness (QED) is 0.890. The van der Waals surface area contributed by atoms with E-state index in [0.717, 1.165) is 5.56 Å². The summed E-state index contributed by atoms with van der Waals surface area (Å²) in [5.74, 6) is -0.622. The summed E-state index contributed by atoms with van der Waals surface area (Å²) in [7, 11) is 0. The Labute approximate surface area is 141 Å². The van der Waals surface area contributed by atoms with Crippen LogP contribution in [0.5, 0.6) is 5.75 Å². The molecule has 0 unspecified atom stereocenters. The number of nitrogens with zero attached hydrogens (tertiary/aromatic N) is 2. The van der Waals surface area contributed by atoms with Crippen LogP contribution in [0.15, 0.2) is 12.1 Å². The number of alkyl halides is 3. The molecule has 4 nitrogen and oxygen atoms in total. The van der Waals surface area contributed by atoms with E-state index in [4.69, 9.17) is 22.1 Å². The van der Waals surface area contributed by atoms with Crippen LogP contribution in [-0.4, -0.2) is 22.6 Å². The maximum atomic E-state index is 13.0. The minimum atomic E-state index is -4.61. The molecular formula is C16H15ClF3N3O. The third kappa shape index (κ3) is 2.93. The summed E-state index contributed by atoms with van der Waals surface area (Å²) >= 11 is 6.24. The molecule has 0 bridgehead atoms. The van der Waals surface area contributed by atoms with Crippen molar-refractivity contribution < 1.29 is 17.9 Å². The van der Waals surface area contributed by atoms with Gasteiger partial charge in [0.05, 0.1) is 10.7 Å². The molecule has 3 rings (SSSR count). The van der Waals surface area contributed by atoms with Crippen LogP contribution in [0.1, 0.15) is 22.6 Å². The Kier molecular flexibility index (Phi) is 4.17. The Morgan fingerprint density at radius 1 is 1.29 bits per heavy atom.